The highest BCUT2D eigenvalue weighted by atomic mass is 16.6. The van der Waals surface area contributed by atoms with E-state index in [-0.39, 0.29) is 5.91 Å². The highest BCUT2D eigenvalue weighted by molar-refractivity contribution is 5.96. The summed E-state index contributed by atoms with van der Waals surface area (Å²) in [7, 11) is 1.63. The summed E-state index contributed by atoms with van der Waals surface area (Å²) < 4.78 is 11.3. The van der Waals surface area contributed by atoms with Gasteiger partial charge in [-0.15, -0.1) is 5.10 Å². The van der Waals surface area contributed by atoms with Crippen LogP contribution in [-0.4, -0.2) is 29.6 Å². The van der Waals surface area contributed by atoms with Crippen LogP contribution >= 0.6 is 0 Å². The molecule has 21 heavy (non-hydrogen) atoms. The third kappa shape index (κ3) is 2.48. The standard InChI is InChI=1S/C16H20N2O3/c1-12(19)18-16(10-4-3-5-11-16)21-15(17-18)13-6-8-14(20-2)9-7-13/h6-9H,3-5,10-11H2,1-2H3. The molecule has 1 saturated carbocycles. The topological polar surface area (TPSA) is 51.1 Å². The van der Waals surface area contributed by atoms with Crippen molar-refractivity contribution in [1.82, 2.24) is 5.01 Å². The Bertz CT molecular complexity index is 559. The summed E-state index contributed by atoms with van der Waals surface area (Å²) in [4.78, 5) is 11.9. The molecule has 1 aliphatic carbocycles. The van der Waals surface area contributed by atoms with Crippen molar-refractivity contribution in [2.24, 2.45) is 5.10 Å². The number of methoxy groups -OCH3 is 1. The van der Waals surface area contributed by atoms with E-state index in [1.165, 1.54) is 11.4 Å². The number of hydrogen-bond acceptors (Lipinski definition) is 4. The van der Waals surface area contributed by atoms with Crippen LogP contribution in [0.15, 0.2) is 29.4 Å². The summed E-state index contributed by atoms with van der Waals surface area (Å²) in [6, 6.07) is 7.53. The van der Waals surface area contributed by atoms with Crippen molar-refractivity contribution in [3.05, 3.63) is 29.8 Å². The van der Waals surface area contributed by atoms with Gasteiger partial charge in [-0.1, -0.05) is 6.42 Å². The third-order valence-electron chi connectivity index (χ3n) is 4.13. The minimum absolute atomic E-state index is 0.0691. The molecule has 0 N–H and O–H groups in total. The quantitative estimate of drug-likeness (QED) is 0.840. The van der Waals surface area contributed by atoms with Crippen molar-refractivity contribution in [3.8, 4) is 5.75 Å². The van der Waals surface area contributed by atoms with E-state index in [1.807, 2.05) is 24.3 Å². The molecule has 3 rings (SSSR count). The maximum atomic E-state index is 11.9. The minimum atomic E-state index is -0.570. The largest absolute Gasteiger partial charge is 0.497 e. The second-order valence-electron chi connectivity index (χ2n) is 5.57. The molecular formula is C16H20N2O3. The van der Waals surface area contributed by atoms with Crippen LogP contribution in [-0.2, 0) is 9.53 Å². The molecule has 5 heteroatoms. The molecule has 1 amide bonds. The van der Waals surface area contributed by atoms with Gasteiger partial charge >= 0.3 is 0 Å². The van der Waals surface area contributed by atoms with Crippen LogP contribution in [0.25, 0.3) is 0 Å². The Hall–Kier alpha value is -2.04. The van der Waals surface area contributed by atoms with Gasteiger partial charge in [-0.05, 0) is 37.1 Å². The fourth-order valence-electron chi connectivity index (χ4n) is 3.05. The molecule has 1 fully saturated rings. The lowest BCUT2D eigenvalue weighted by atomic mass is 9.91. The lowest BCUT2D eigenvalue weighted by Crippen LogP contribution is -2.48. The van der Waals surface area contributed by atoms with Crippen molar-refractivity contribution in [2.75, 3.05) is 7.11 Å². The lowest BCUT2D eigenvalue weighted by Gasteiger charge is -2.37. The molecule has 1 spiro atoms. The molecule has 0 atom stereocenters. The third-order valence-corrected chi connectivity index (χ3v) is 4.13. The van der Waals surface area contributed by atoms with E-state index in [0.29, 0.717) is 5.90 Å². The van der Waals surface area contributed by atoms with Crippen LogP contribution in [0.5, 0.6) is 5.75 Å². The molecule has 0 radical (unpaired) electrons. The molecule has 0 unspecified atom stereocenters. The van der Waals surface area contributed by atoms with Crippen LogP contribution in [0, 0.1) is 0 Å². The van der Waals surface area contributed by atoms with Gasteiger partial charge in [0, 0.05) is 25.3 Å². The number of rotatable bonds is 2. The van der Waals surface area contributed by atoms with Crippen LogP contribution < -0.4 is 4.74 Å². The summed E-state index contributed by atoms with van der Waals surface area (Å²) in [5, 5.41) is 5.96. The fraction of sp³-hybridized carbons (Fsp3) is 0.500. The van der Waals surface area contributed by atoms with E-state index in [0.717, 1.165) is 37.0 Å². The van der Waals surface area contributed by atoms with Gasteiger partial charge in [0.1, 0.15) is 5.75 Å². The van der Waals surface area contributed by atoms with Gasteiger partial charge in [0.25, 0.3) is 0 Å². The van der Waals surface area contributed by atoms with E-state index >= 15 is 0 Å². The first-order valence-electron chi connectivity index (χ1n) is 7.37. The van der Waals surface area contributed by atoms with Gasteiger partial charge in [-0.25, -0.2) is 0 Å². The summed E-state index contributed by atoms with van der Waals surface area (Å²) >= 11 is 0. The summed E-state index contributed by atoms with van der Waals surface area (Å²) in [5.41, 5.74) is 0.295. The SMILES string of the molecule is COc1ccc(C2=NN(C(C)=O)C3(CCCCC3)O2)cc1. The normalized spacial score (nSPS) is 20.1. The summed E-state index contributed by atoms with van der Waals surface area (Å²) in [6.07, 6.45) is 5.00. The van der Waals surface area contributed by atoms with Crippen molar-refractivity contribution in [2.45, 2.75) is 44.8 Å². The van der Waals surface area contributed by atoms with Crippen molar-refractivity contribution < 1.29 is 14.3 Å². The Morgan fingerprint density at radius 2 is 1.90 bits per heavy atom. The van der Waals surface area contributed by atoms with Crippen LogP contribution in [0.2, 0.25) is 0 Å². The first-order valence-corrected chi connectivity index (χ1v) is 7.37. The molecule has 0 aromatic heterocycles. The van der Waals surface area contributed by atoms with Gasteiger partial charge in [-0.3, -0.25) is 4.79 Å². The van der Waals surface area contributed by atoms with Crippen LogP contribution in [0.1, 0.15) is 44.6 Å². The Balaban J connectivity index is 1.89. The number of amides is 1. The smallest absolute Gasteiger partial charge is 0.243 e. The molecule has 1 aromatic carbocycles. The van der Waals surface area contributed by atoms with E-state index < -0.39 is 5.72 Å². The van der Waals surface area contributed by atoms with E-state index in [9.17, 15) is 4.79 Å². The second-order valence-corrected chi connectivity index (χ2v) is 5.57. The molecule has 0 saturated heterocycles. The van der Waals surface area contributed by atoms with Gasteiger partial charge in [0.2, 0.25) is 17.5 Å². The molecule has 2 aliphatic rings. The Morgan fingerprint density at radius 3 is 2.48 bits per heavy atom. The van der Waals surface area contributed by atoms with E-state index in [2.05, 4.69) is 5.10 Å². The average Bonchev–Trinajstić information content (AvgIpc) is 2.87. The van der Waals surface area contributed by atoms with Gasteiger partial charge in [0.05, 0.1) is 7.11 Å². The van der Waals surface area contributed by atoms with E-state index in [1.54, 1.807) is 14.0 Å². The molecule has 112 valence electrons. The maximum absolute atomic E-state index is 11.9. The minimum Gasteiger partial charge on any atom is -0.497 e. The highest BCUT2D eigenvalue weighted by Gasteiger charge is 2.47. The first kappa shape index (κ1) is 13.9. The fourth-order valence-corrected chi connectivity index (χ4v) is 3.05. The Labute approximate surface area is 124 Å². The van der Waals surface area contributed by atoms with Crippen LogP contribution in [0.3, 0.4) is 0 Å². The first-order chi connectivity index (χ1) is 10.1. The number of hydrogen-bond donors (Lipinski definition) is 0. The number of ether oxygens (including phenoxy) is 2. The number of carbonyl (C=O) groups excluding carboxylic acids is 1. The molecule has 1 aliphatic heterocycles. The molecule has 1 aromatic rings. The zero-order valence-corrected chi connectivity index (χ0v) is 12.5. The zero-order valence-electron chi connectivity index (χ0n) is 12.5. The summed E-state index contributed by atoms with van der Waals surface area (Å²) in [5.74, 6) is 1.24. The molecule has 0 bridgehead atoms. The van der Waals surface area contributed by atoms with Crippen molar-refractivity contribution in [1.29, 1.82) is 0 Å². The van der Waals surface area contributed by atoms with Gasteiger partial charge in [0.15, 0.2) is 0 Å². The lowest BCUT2D eigenvalue weighted by molar-refractivity contribution is -0.151. The Kier molecular flexibility index (Phi) is 3.57. The molecular weight excluding hydrogens is 268 g/mol. The zero-order chi connectivity index (χ0) is 14.9. The van der Waals surface area contributed by atoms with Gasteiger partial charge < -0.3 is 9.47 Å². The average molecular weight is 288 g/mol. The highest BCUT2D eigenvalue weighted by Crippen LogP contribution is 2.39. The predicted molar refractivity (Wildman–Crippen MR) is 79.0 cm³/mol. The number of benzene rings is 1. The van der Waals surface area contributed by atoms with Crippen molar-refractivity contribution >= 4 is 11.8 Å². The summed E-state index contributed by atoms with van der Waals surface area (Å²) in [6.45, 7) is 1.54. The monoisotopic (exact) mass is 288 g/mol. The van der Waals surface area contributed by atoms with Crippen molar-refractivity contribution in [3.63, 3.8) is 0 Å². The number of nitrogens with zero attached hydrogens (tertiary/aromatic N) is 2. The molecule has 5 nitrogen and oxygen atoms in total. The second kappa shape index (κ2) is 5.39. The number of hydrazone groups is 1. The maximum Gasteiger partial charge on any atom is 0.243 e. The van der Waals surface area contributed by atoms with Crippen LogP contribution in [0.4, 0.5) is 0 Å². The van der Waals surface area contributed by atoms with Gasteiger partial charge in [-0.2, -0.15) is 5.01 Å². The predicted octanol–water partition coefficient (Wildman–Crippen LogP) is 2.90. The Morgan fingerprint density at radius 1 is 1.24 bits per heavy atom. The number of carbonyl (C=O) groups is 1. The molecule has 1 heterocycles. The van der Waals surface area contributed by atoms with E-state index in [4.69, 9.17) is 9.47 Å².